The van der Waals surface area contributed by atoms with E-state index in [0.717, 1.165) is 0 Å². The third-order valence-corrected chi connectivity index (χ3v) is 6.86. The Balaban J connectivity index is 2.30. The number of amides is 1. The van der Waals surface area contributed by atoms with Gasteiger partial charge in [-0.2, -0.15) is 4.31 Å². The molecule has 8 nitrogen and oxygen atoms in total. The summed E-state index contributed by atoms with van der Waals surface area (Å²) < 4.78 is 31.8. The molecule has 0 spiro atoms. The molecule has 1 aromatic heterocycles. The number of ether oxygens (including phenoxy) is 1. The van der Waals surface area contributed by atoms with Gasteiger partial charge >= 0.3 is 5.97 Å². The van der Waals surface area contributed by atoms with E-state index in [-0.39, 0.29) is 33.5 Å². The van der Waals surface area contributed by atoms with Gasteiger partial charge in [0.25, 0.3) is 5.91 Å². The fourth-order valence-electron chi connectivity index (χ4n) is 2.79. The van der Waals surface area contributed by atoms with E-state index >= 15 is 0 Å². The molecule has 0 aliphatic carbocycles. The summed E-state index contributed by atoms with van der Waals surface area (Å²) >= 11 is 6.11. The van der Waals surface area contributed by atoms with Crippen molar-refractivity contribution < 1.29 is 22.7 Å². The number of anilines is 1. The third-order valence-electron chi connectivity index (χ3n) is 4.33. The highest BCUT2D eigenvalue weighted by atomic mass is 35.5. The number of carbonyl (C=O) groups is 2. The number of pyridine rings is 1. The Morgan fingerprint density at radius 3 is 2.37 bits per heavy atom. The maximum absolute atomic E-state index is 12.8. The molecule has 1 amide bonds. The van der Waals surface area contributed by atoms with Gasteiger partial charge in [0.1, 0.15) is 10.6 Å². The van der Waals surface area contributed by atoms with E-state index in [9.17, 15) is 18.0 Å². The number of hydrogen-bond donors (Lipinski definition) is 1. The highest BCUT2D eigenvalue weighted by Gasteiger charge is 2.25. The van der Waals surface area contributed by atoms with Crippen molar-refractivity contribution in [3.63, 3.8) is 0 Å². The summed E-state index contributed by atoms with van der Waals surface area (Å²) in [6.45, 7) is 7.58. The first-order chi connectivity index (χ1) is 14.1. The van der Waals surface area contributed by atoms with E-state index in [4.69, 9.17) is 16.3 Å². The van der Waals surface area contributed by atoms with Gasteiger partial charge in [-0.15, -0.1) is 0 Å². The Morgan fingerprint density at radius 2 is 1.80 bits per heavy atom. The predicted molar refractivity (Wildman–Crippen MR) is 114 cm³/mol. The zero-order chi connectivity index (χ0) is 22.5. The number of esters is 1. The first-order valence-corrected chi connectivity index (χ1v) is 11.2. The van der Waals surface area contributed by atoms with Crippen LogP contribution in [0.15, 0.2) is 35.2 Å². The fourth-order valence-corrected chi connectivity index (χ4v) is 4.75. The number of sulfonamides is 1. The predicted octanol–water partition coefficient (Wildman–Crippen LogP) is 3.50. The standard InChI is InChI=1S/C20H24ClN3O5S/c1-5-24(6-2)30(27,28)18-12-14(8-10-16(18)21)23-19(25)17-11-9-15(13(4)22-17)20(26)29-7-3/h8-12H,5-7H2,1-4H3,(H,23,25). The van der Waals surface area contributed by atoms with Crippen molar-refractivity contribution in [2.45, 2.75) is 32.6 Å². The summed E-state index contributed by atoms with van der Waals surface area (Å²) in [5.41, 5.74) is 0.946. The minimum absolute atomic E-state index is 0.0626. The van der Waals surface area contributed by atoms with Gasteiger partial charge in [-0.25, -0.2) is 18.2 Å². The maximum Gasteiger partial charge on any atom is 0.339 e. The number of carbonyl (C=O) groups excluding carboxylic acids is 2. The number of rotatable bonds is 8. The smallest absolute Gasteiger partial charge is 0.339 e. The highest BCUT2D eigenvalue weighted by Crippen LogP contribution is 2.28. The monoisotopic (exact) mass is 453 g/mol. The van der Waals surface area contributed by atoms with Crippen LogP contribution in [0.4, 0.5) is 5.69 Å². The third kappa shape index (κ3) is 5.16. The van der Waals surface area contributed by atoms with Gasteiger partial charge in [-0.1, -0.05) is 25.4 Å². The van der Waals surface area contributed by atoms with Gasteiger partial charge in [-0.05, 0) is 44.2 Å². The largest absolute Gasteiger partial charge is 0.462 e. The van der Waals surface area contributed by atoms with Gasteiger partial charge in [0.2, 0.25) is 10.0 Å². The molecule has 1 heterocycles. The molecular weight excluding hydrogens is 430 g/mol. The van der Waals surface area contributed by atoms with E-state index in [1.807, 2.05) is 0 Å². The minimum atomic E-state index is -3.80. The molecule has 0 atom stereocenters. The lowest BCUT2D eigenvalue weighted by Gasteiger charge is -2.19. The second kappa shape index (κ2) is 10.0. The lowest BCUT2D eigenvalue weighted by molar-refractivity contribution is 0.0524. The molecule has 1 N–H and O–H groups in total. The number of hydrogen-bond acceptors (Lipinski definition) is 6. The molecule has 0 aliphatic rings. The molecule has 0 aliphatic heterocycles. The van der Waals surface area contributed by atoms with Crippen LogP contribution in [0.5, 0.6) is 0 Å². The molecule has 2 rings (SSSR count). The summed E-state index contributed by atoms with van der Waals surface area (Å²) in [7, 11) is -3.80. The van der Waals surface area contributed by atoms with Crippen LogP contribution in [0, 0.1) is 6.92 Å². The van der Waals surface area contributed by atoms with Crippen LogP contribution in [0.3, 0.4) is 0 Å². The average Bonchev–Trinajstić information content (AvgIpc) is 2.70. The Kier molecular flexibility index (Phi) is 7.94. The van der Waals surface area contributed by atoms with Crippen molar-refractivity contribution in [1.82, 2.24) is 9.29 Å². The summed E-state index contributed by atoms with van der Waals surface area (Å²) in [5, 5.41) is 2.68. The number of aryl methyl sites for hydroxylation is 1. The van der Waals surface area contributed by atoms with Gasteiger partial charge < -0.3 is 10.1 Å². The second-order valence-electron chi connectivity index (χ2n) is 6.24. The zero-order valence-corrected chi connectivity index (χ0v) is 18.8. The molecule has 162 valence electrons. The molecule has 0 saturated heterocycles. The van der Waals surface area contributed by atoms with E-state index in [0.29, 0.717) is 18.8 Å². The van der Waals surface area contributed by atoms with Crippen molar-refractivity contribution in [2.75, 3.05) is 25.0 Å². The van der Waals surface area contributed by atoms with E-state index < -0.39 is 21.9 Å². The average molecular weight is 454 g/mol. The van der Waals surface area contributed by atoms with Gasteiger partial charge in [0, 0.05) is 18.8 Å². The first kappa shape index (κ1) is 23.8. The van der Waals surface area contributed by atoms with Crippen LogP contribution in [0.25, 0.3) is 0 Å². The molecule has 2 aromatic rings. The summed E-state index contributed by atoms with van der Waals surface area (Å²) in [4.78, 5) is 28.5. The van der Waals surface area contributed by atoms with Crippen molar-refractivity contribution >= 4 is 39.2 Å². The molecule has 0 bridgehead atoms. The Labute approximate surface area is 181 Å². The molecule has 0 radical (unpaired) electrons. The maximum atomic E-state index is 12.8. The fraction of sp³-hybridized carbons (Fsp3) is 0.350. The van der Waals surface area contributed by atoms with Gasteiger partial charge in [-0.3, -0.25) is 4.79 Å². The van der Waals surface area contributed by atoms with E-state index in [1.54, 1.807) is 27.7 Å². The van der Waals surface area contributed by atoms with E-state index in [1.165, 1.54) is 34.6 Å². The van der Waals surface area contributed by atoms with Crippen molar-refractivity contribution in [3.8, 4) is 0 Å². The number of benzene rings is 1. The van der Waals surface area contributed by atoms with Crippen LogP contribution in [0.2, 0.25) is 5.02 Å². The zero-order valence-electron chi connectivity index (χ0n) is 17.2. The number of aromatic nitrogens is 1. The van der Waals surface area contributed by atoms with Crippen molar-refractivity contribution in [2.24, 2.45) is 0 Å². The summed E-state index contributed by atoms with van der Waals surface area (Å²) in [6.07, 6.45) is 0. The quantitative estimate of drug-likeness (QED) is 0.613. The van der Waals surface area contributed by atoms with Gasteiger partial charge in [0.05, 0.1) is 22.9 Å². The number of nitrogens with one attached hydrogen (secondary N) is 1. The molecule has 10 heteroatoms. The number of halogens is 1. The van der Waals surface area contributed by atoms with Crippen LogP contribution in [0.1, 0.15) is 47.3 Å². The lowest BCUT2D eigenvalue weighted by atomic mass is 10.2. The van der Waals surface area contributed by atoms with E-state index in [2.05, 4.69) is 10.3 Å². The van der Waals surface area contributed by atoms with Crippen molar-refractivity contribution in [3.05, 3.63) is 52.3 Å². The van der Waals surface area contributed by atoms with Crippen LogP contribution < -0.4 is 5.32 Å². The minimum Gasteiger partial charge on any atom is -0.462 e. The molecular formula is C20H24ClN3O5S. The Hall–Kier alpha value is -2.49. The molecule has 0 fully saturated rings. The topological polar surface area (TPSA) is 106 Å². The summed E-state index contributed by atoms with van der Waals surface area (Å²) in [6, 6.07) is 7.09. The number of nitrogens with zero attached hydrogens (tertiary/aromatic N) is 2. The van der Waals surface area contributed by atoms with Gasteiger partial charge in [0.15, 0.2) is 0 Å². The van der Waals surface area contributed by atoms with Crippen LogP contribution >= 0.6 is 11.6 Å². The molecule has 0 unspecified atom stereocenters. The SMILES string of the molecule is CCOC(=O)c1ccc(C(=O)Nc2ccc(Cl)c(S(=O)(=O)N(CC)CC)c2)nc1C. The van der Waals surface area contributed by atoms with Crippen LogP contribution in [-0.4, -0.2) is 49.3 Å². The normalized spacial score (nSPS) is 11.4. The Bertz CT molecular complexity index is 1050. The highest BCUT2D eigenvalue weighted by molar-refractivity contribution is 7.89. The lowest BCUT2D eigenvalue weighted by Crippen LogP contribution is -2.30. The second-order valence-corrected chi connectivity index (χ2v) is 8.55. The first-order valence-electron chi connectivity index (χ1n) is 9.41. The molecule has 0 saturated carbocycles. The molecule has 1 aromatic carbocycles. The van der Waals surface area contributed by atoms with Crippen LogP contribution in [-0.2, 0) is 14.8 Å². The summed E-state index contributed by atoms with van der Waals surface area (Å²) in [5.74, 6) is -1.07. The molecule has 30 heavy (non-hydrogen) atoms. The Morgan fingerprint density at radius 1 is 1.13 bits per heavy atom. The van der Waals surface area contributed by atoms with Crippen molar-refractivity contribution in [1.29, 1.82) is 0 Å².